The summed E-state index contributed by atoms with van der Waals surface area (Å²) in [6.07, 6.45) is 1.12. The van der Waals surface area contributed by atoms with E-state index in [1.165, 1.54) is 4.90 Å². The summed E-state index contributed by atoms with van der Waals surface area (Å²) in [6.45, 7) is 1.70. The van der Waals surface area contributed by atoms with Gasteiger partial charge in [0.1, 0.15) is 5.82 Å². The zero-order valence-corrected chi connectivity index (χ0v) is 11.4. The molecule has 1 aromatic carbocycles. The Hall–Kier alpha value is -2.40. The number of carbonyl (C=O) groups excluding carboxylic acids is 1. The summed E-state index contributed by atoms with van der Waals surface area (Å²) in [5, 5.41) is 12.2. The van der Waals surface area contributed by atoms with Crippen LogP contribution in [0.15, 0.2) is 48.7 Å². The van der Waals surface area contributed by atoms with Crippen LogP contribution in [0.4, 0.5) is 16.3 Å². The molecule has 1 aromatic heterocycles. The number of aromatic nitrogens is 1. The molecule has 0 fully saturated rings. The molecule has 0 aliphatic heterocycles. The van der Waals surface area contributed by atoms with Crippen molar-refractivity contribution in [3.05, 3.63) is 54.2 Å². The molecular weight excluding hydrogens is 254 g/mol. The average molecular weight is 271 g/mol. The van der Waals surface area contributed by atoms with Gasteiger partial charge in [-0.15, -0.1) is 0 Å². The summed E-state index contributed by atoms with van der Waals surface area (Å²) in [5.41, 5.74) is 1.48. The van der Waals surface area contributed by atoms with E-state index in [-0.39, 0.29) is 6.03 Å². The molecule has 2 amide bonds. The minimum atomic E-state index is -0.518. The summed E-state index contributed by atoms with van der Waals surface area (Å²) in [6, 6.07) is 12.2. The van der Waals surface area contributed by atoms with E-state index in [9.17, 15) is 9.90 Å². The predicted molar refractivity (Wildman–Crippen MR) is 78.7 cm³/mol. The maximum Gasteiger partial charge on any atom is 0.327 e. The second-order valence-corrected chi connectivity index (χ2v) is 4.48. The lowest BCUT2D eigenvalue weighted by molar-refractivity contribution is 0.199. The third kappa shape index (κ3) is 3.33. The third-order valence-corrected chi connectivity index (χ3v) is 2.94. The van der Waals surface area contributed by atoms with Crippen LogP contribution in [0.3, 0.4) is 0 Å². The summed E-state index contributed by atoms with van der Waals surface area (Å²) < 4.78 is 0. The Bertz CT molecular complexity index is 567. The van der Waals surface area contributed by atoms with Crippen molar-refractivity contribution in [1.29, 1.82) is 0 Å². The number of anilines is 2. The van der Waals surface area contributed by atoms with Gasteiger partial charge in [-0.05, 0) is 36.8 Å². The number of rotatable bonds is 3. The van der Waals surface area contributed by atoms with Crippen LogP contribution < -0.4 is 10.2 Å². The first-order chi connectivity index (χ1) is 9.58. The maximum absolute atomic E-state index is 12.1. The second-order valence-electron chi connectivity index (χ2n) is 4.48. The van der Waals surface area contributed by atoms with E-state index in [1.807, 2.05) is 6.07 Å². The monoisotopic (exact) mass is 271 g/mol. The van der Waals surface area contributed by atoms with E-state index in [0.29, 0.717) is 11.5 Å². The topological polar surface area (TPSA) is 65.5 Å². The van der Waals surface area contributed by atoms with E-state index < -0.39 is 6.10 Å². The van der Waals surface area contributed by atoms with Gasteiger partial charge in [-0.1, -0.05) is 18.2 Å². The molecule has 0 bridgehead atoms. The van der Waals surface area contributed by atoms with Gasteiger partial charge in [0, 0.05) is 18.9 Å². The molecule has 2 aromatic rings. The van der Waals surface area contributed by atoms with E-state index in [0.717, 1.165) is 5.56 Å². The molecule has 2 N–H and O–H groups in total. The van der Waals surface area contributed by atoms with Crippen LogP contribution in [-0.2, 0) is 0 Å². The van der Waals surface area contributed by atoms with Crippen molar-refractivity contribution in [2.45, 2.75) is 13.0 Å². The molecule has 104 valence electrons. The lowest BCUT2D eigenvalue weighted by atomic mass is 10.1. The van der Waals surface area contributed by atoms with Crippen molar-refractivity contribution >= 4 is 17.5 Å². The van der Waals surface area contributed by atoms with Gasteiger partial charge in [-0.2, -0.15) is 0 Å². The number of urea groups is 1. The smallest absolute Gasteiger partial charge is 0.327 e. The van der Waals surface area contributed by atoms with Gasteiger partial charge in [0.25, 0.3) is 0 Å². The van der Waals surface area contributed by atoms with Crippen molar-refractivity contribution in [3.8, 4) is 0 Å². The molecule has 0 spiro atoms. The molecule has 5 nitrogen and oxygen atoms in total. The Morgan fingerprint density at radius 3 is 2.50 bits per heavy atom. The van der Waals surface area contributed by atoms with Gasteiger partial charge in [0.2, 0.25) is 0 Å². The van der Waals surface area contributed by atoms with E-state index in [2.05, 4.69) is 10.3 Å². The summed E-state index contributed by atoms with van der Waals surface area (Å²) in [7, 11) is 1.65. The molecule has 1 heterocycles. The van der Waals surface area contributed by atoms with Crippen molar-refractivity contribution in [3.63, 3.8) is 0 Å². The fraction of sp³-hybridized carbons (Fsp3) is 0.200. The standard InChI is InChI=1S/C15H17N3O2/c1-11(19)12-6-8-13(9-7-12)17-15(20)18(2)14-5-3-4-10-16-14/h3-11,19H,1-2H3,(H,17,20). The zero-order valence-electron chi connectivity index (χ0n) is 11.4. The van der Waals surface area contributed by atoms with Gasteiger partial charge in [-0.3, -0.25) is 4.90 Å². The Morgan fingerprint density at radius 1 is 1.25 bits per heavy atom. The number of benzene rings is 1. The van der Waals surface area contributed by atoms with Crippen LogP contribution in [0.1, 0.15) is 18.6 Å². The normalized spacial score (nSPS) is 11.8. The molecule has 1 atom stereocenters. The van der Waals surface area contributed by atoms with E-state index in [1.54, 1.807) is 56.6 Å². The van der Waals surface area contributed by atoms with Gasteiger partial charge in [0.05, 0.1) is 6.10 Å². The molecular formula is C15H17N3O2. The van der Waals surface area contributed by atoms with Crippen LogP contribution in [0.5, 0.6) is 0 Å². The quantitative estimate of drug-likeness (QED) is 0.902. The predicted octanol–water partition coefficient (Wildman–Crippen LogP) is 2.80. The number of amides is 2. The molecule has 0 aliphatic rings. The van der Waals surface area contributed by atoms with Crippen LogP contribution in [0.2, 0.25) is 0 Å². The highest BCUT2D eigenvalue weighted by Crippen LogP contribution is 2.16. The maximum atomic E-state index is 12.1. The summed E-state index contributed by atoms with van der Waals surface area (Å²) in [4.78, 5) is 17.6. The van der Waals surface area contributed by atoms with Gasteiger partial charge >= 0.3 is 6.03 Å². The number of nitrogens with zero attached hydrogens (tertiary/aromatic N) is 2. The second kappa shape index (κ2) is 6.16. The first-order valence-corrected chi connectivity index (χ1v) is 6.31. The van der Waals surface area contributed by atoms with Gasteiger partial charge < -0.3 is 10.4 Å². The lowest BCUT2D eigenvalue weighted by Crippen LogP contribution is -2.31. The van der Waals surface area contributed by atoms with E-state index >= 15 is 0 Å². The van der Waals surface area contributed by atoms with Crippen molar-refractivity contribution in [1.82, 2.24) is 4.98 Å². The molecule has 0 saturated carbocycles. The molecule has 0 saturated heterocycles. The highest BCUT2D eigenvalue weighted by Gasteiger charge is 2.11. The van der Waals surface area contributed by atoms with Crippen LogP contribution >= 0.6 is 0 Å². The Morgan fingerprint density at radius 2 is 1.95 bits per heavy atom. The number of aliphatic hydroxyl groups is 1. The third-order valence-electron chi connectivity index (χ3n) is 2.94. The Kier molecular flexibility index (Phi) is 4.32. The number of hydrogen-bond acceptors (Lipinski definition) is 3. The molecule has 5 heteroatoms. The molecule has 0 radical (unpaired) electrons. The summed E-state index contributed by atoms with van der Waals surface area (Å²) in [5.74, 6) is 0.575. The summed E-state index contributed by atoms with van der Waals surface area (Å²) >= 11 is 0. The van der Waals surface area contributed by atoms with E-state index in [4.69, 9.17) is 0 Å². The zero-order chi connectivity index (χ0) is 14.5. The highest BCUT2D eigenvalue weighted by atomic mass is 16.3. The number of pyridine rings is 1. The number of carbonyl (C=O) groups is 1. The molecule has 1 unspecified atom stereocenters. The molecule has 20 heavy (non-hydrogen) atoms. The minimum Gasteiger partial charge on any atom is -0.389 e. The molecule has 2 rings (SSSR count). The first kappa shape index (κ1) is 14.0. The SMILES string of the molecule is CC(O)c1ccc(NC(=O)N(C)c2ccccn2)cc1. The van der Waals surface area contributed by atoms with Crippen molar-refractivity contribution < 1.29 is 9.90 Å². The fourth-order valence-electron chi connectivity index (χ4n) is 1.71. The fourth-order valence-corrected chi connectivity index (χ4v) is 1.71. The van der Waals surface area contributed by atoms with Crippen LogP contribution in [-0.4, -0.2) is 23.2 Å². The highest BCUT2D eigenvalue weighted by molar-refractivity contribution is 6.00. The Balaban J connectivity index is 2.04. The number of aliphatic hydroxyl groups excluding tert-OH is 1. The van der Waals surface area contributed by atoms with Crippen LogP contribution in [0, 0.1) is 0 Å². The van der Waals surface area contributed by atoms with Crippen LogP contribution in [0.25, 0.3) is 0 Å². The first-order valence-electron chi connectivity index (χ1n) is 6.31. The van der Waals surface area contributed by atoms with Gasteiger partial charge in [-0.25, -0.2) is 9.78 Å². The van der Waals surface area contributed by atoms with Crippen molar-refractivity contribution in [2.24, 2.45) is 0 Å². The number of hydrogen-bond donors (Lipinski definition) is 2. The minimum absolute atomic E-state index is 0.270. The number of nitrogens with one attached hydrogen (secondary N) is 1. The molecule has 0 aliphatic carbocycles. The van der Waals surface area contributed by atoms with Gasteiger partial charge in [0.15, 0.2) is 0 Å². The lowest BCUT2D eigenvalue weighted by Gasteiger charge is -2.17. The Labute approximate surface area is 117 Å². The van der Waals surface area contributed by atoms with Crippen molar-refractivity contribution in [2.75, 3.05) is 17.3 Å². The largest absolute Gasteiger partial charge is 0.389 e. The average Bonchev–Trinajstić information content (AvgIpc) is 2.48.